The number of hydrogen-bond donors (Lipinski definition) is 0. The molecule has 1 aliphatic carbocycles. The van der Waals surface area contributed by atoms with Crippen molar-refractivity contribution < 1.29 is 9.47 Å². The molecule has 0 amide bonds. The molecule has 0 radical (unpaired) electrons. The van der Waals surface area contributed by atoms with E-state index in [-0.39, 0.29) is 0 Å². The second kappa shape index (κ2) is 8.10. The van der Waals surface area contributed by atoms with Crippen LogP contribution in [0.25, 0.3) is 0 Å². The Balaban J connectivity index is 2.36. The zero-order valence-corrected chi connectivity index (χ0v) is 12.1. The molecule has 0 bridgehead atoms. The standard InChI is InChI=1S/C15H30O2/c1-5-15(12(2)3)13-7-6-8-14(11-13)17-10-9-16-4/h12-15H,5-11H2,1-4H3. The Morgan fingerprint density at radius 1 is 1.18 bits per heavy atom. The lowest BCUT2D eigenvalue weighted by Gasteiger charge is -2.36. The van der Waals surface area contributed by atoms with E-state index < -0.39 is 0 Å². The van der Waals surface area contributed by atoms with Crippen LogP contribution in [0, 0.1) is 17.8 Å². The maximum Gasteiger partial charge on any atom is 0.0704 e. The van der Waals surface area contributed by atoms with Crippen molar-refractivity contribution in [2.75, 3.05) is 20.3 Å². The van der Waals surface area contributed by atoms with Crippen molar-refractivity contribution in [3.63, 3.8) is 0 Å². The van der Waals surface area contributed by atoms with Crippen molar-refractivity contribution in [3.8, 4) is 0 Å². The molecule has 3 atom stereocenters. The molecule has 17 heavy (non-hydrogen) atoms. The molecule has 1 aliphatic rings. The predicted molar refractivity (Wildman–Crippen MR) is 72.2 cm³/mol. The van der Waals surface area contributed by atoms with Gasteiger partial charge in [0.15, 0.2) is 0 Å². The van der Waals surface area contributed by atoms with E-state index in [1.54, 1.807) is 7.11 Å². The molecule has 2 nitrogen and oxygen atoms in total. The number of ether oxygens (including phenoxy) is 2. The first-order valence-electron chi connectivity index (χ1n) is 7.29. The first kappa shape index (κ1) is 15.0. The molecule has 2 heteroatoms. The Bertz CT molecular complexity index is 191. The summed E-state index contributed by atoms with van der Waals surface area (Å²) in [6, 6.07) is 0. The quantitative estimate of drug-likeness (QED) is 0.631. The summed E-state index contributed by atoms with van der Waals surface area (Å²) in [5.74, 6) is 2.56. The van der Waals surface area contributed by atoms with Crippen LogP contribution in [0.4, 0.5) is 0 Å². The third-order valence-electron chi connectivity index (χ3n) is 4.24. The van der Waals surface area contributed by atoms with Crippen LogP contribution in [0.1, 0.15) is 52.9 Å². The van der Waals surface area contributed by atoms with Gasteiger partial charge in [-0.2, -0.15) is 0 Å². The Hall–Kier alpha value is -0.0800. The van der Waals surface area contributed by atoms with Gasteiger partial charge in [-0.1, -0.05) is 33.6 Å². The fourth-order valence-corrected chi connectivity index (χ4v) is 3.37. The van der Waals surface area contributed by atoms with Crippen LogP contribution in [0.15, 0.2) is 0 Å². The lowest BCUT2D eigenvalue weighted by molar-refractivity contribution is -0.0219. The highest BCUT2D eigenvalue weighted by Crippen LogP contribution is 2.36. The molecule has 0 aromatic heterocycles. The first-order chi connectivity index (χ1) is 8.19. The van der Waals surface area contributed by atoms with Crippen molar-refractivity contribution in [2.45, 2.75) is 59.0 Å². The maximum atomic E-state index is 5.90. The minimum Gasteiger partial charge on any atom is -0.382 e. The van der Waals surface area contributed by atoms with Gasteiger partial charge in [0.2, 0.25) is 0 Å². The zero-order valence-electron chi connectivity index (χ0n) is 12.1. The monoisotopic (exact) mass is 242 g/mol. The summed E-state index contributed by atoms with van der Waals surface area (Å²) in [5, 5.41) is 0. The Morgan fingerprint density at radius 3 is 2.53 bits per heavy atom. The average molecular weight is 242 g/mol. The van der Waals surface area contributed by atoms with Gasteiger partial charge in [-0.25, -0.2) is 0 Å². The molecule has 102 valence electrons. The van der Waals surface area contributed by atoms with Gasteiger partial charge in [0.05, 0.1) is 19.3 Å². The lowest BCUT2D eigenvalue weighted by Crippen LogP contribution is -2.30. The van der Waals surface area contributed by atoms with Gasteiger partial charge < -0.3 is 9.47 Å². The third kappa shape index (κ3) is 4.97. The topological polar surface area (TPSA) is 18.5 Å². The zero-order chi connectivity index (χ0) is 12.7. The normalized spacial score (nSPS) is 27.4. The van der Waals surface area contributed by atoms with Crippen molar-refractivity contribution in [1.82, 2.24) is 0 Å². The van der Waals surface area contributed by atoms with Gasteiger partial charge in [0, 0.05) is 7.11 Å². The van der Waals surface area contributed by atoms with Crippen molar-refractivity contribution in [3.05, 3.63) is 0 Å². The predicted octanol–water partition coefficient (Wildman–Crippen LogP) is 3.89. The van der Waals surface area contributed by atoms with Gasteiger partial charge >= 0.3 is 0 Å². The van der Waals surface area contributed by atoms with Gasteiger partial charge in [0.25, 0.3) is 0 Å². The van der Waals surface area contributed by atoms with Gasteiger partial charge in [-0.3, -0.25) is 0 Å². The minimum atomic E-state index is 0.483. The molecular weight excluding hydrogens is 212 g/mol. The van der Waals surface area contributed by atoms with E-state index in [0.29, 0.717) is 6.10 Å². The first-order valence-corrected chi connectivity index (χ1v) is 7.29. The Morgan fingerprint density at radius 2 is 1.94 bits per heavy atom. The number of rotatable bonds is 7. The summed E-state index contributed by atoms with van der Waals surface area (Å²) in [5.41, 5.74) is 0. The molecule has 1 fully saturated rings. The smallest absolute Gasteiger partial charge is 0.0704 e. The highest BCUT2D eigenvalue weighted by atomic mass is 16.5. The number of methoxy groups -OCH3 is 1. The maximum absolute atomic E-state index is 5.90. The highest BCUT2D eigenvalue weighted by molar-refractivity contribution is 4.80. The number of hydrogen-bond acceptors (Lipinski definition) is 2. The molecule has 1 saturated carbocycles. The summed E-state index contributed by atoms with van der Waals surface area (Å²) >= 11 is 0. The second-order valence-corrected chi connectivity index (χ2v) is 5.73. The largest absolute Gasteiger partial charge is 0.382 e. The molecule has 0 spiro atoms. The van der Waals surface area contributed by atoms with Crippen LogP contribution in [-0.2, 0) is 9.47 Å². The molecule has 0 aliphatic heterocycles. The fraction of sp³-hybridized carbons (Fsp3) is 1.00. The summed E-state index contributed by atoms with van der Waals surface area (Å²) in [6.45, 7) is 8.54. The Kier molecular flexibility index (Phi) is 7.14. The van der Waals surface area contributed by atoms with Crippen molar-refractivity contribution >= 4 is 0 Å². The molecular formula is C15H30O2. The van der Waals surface area contributed by atoms with Crippen LogP contribution in [0.3, 0.4) is 0 Å². The van der Waals surface area contributed by atoms with E-state index in [9.17, 15) is 0 Å². The van der Waals surface area contributed by atoms with E-state index in [1.165, 1.54) is 32.1 Å². The molecule has 0 N–H and O–H groups in total. The van der Waals surface area contributed by atoms with E-state index in [0.717, 1.165) is 31.0 Å². The lowest BCUT2D eigenvalue weighted by atomic mass is 9.73. The van der Waals surface area contributed by atoms with Crippen LogP contribution < -0.4 is 0 Å². The van der Waals surface area contributed by atoms with Crippen LogP contribution in [0.5, 0.6) is 0 Å². The minimum absolute atomic E-state index is 0.483. The van der Waals surface area contributed by atoms with Gasteiger partial charge in [-0.05, 0) is 37.0 Å². The van der Waals surface area contributed by atoms with E-state index in [2.05, 4.69) is 20.8 Å². The van der Waals surface area contributed by atoms with Crippen molar-refractivity contribution in [1.29, 1.82) is 0 Å². The van der Waals surface area contributed by atoms with E-state index in [4.69, 9.17) is 9.47 Å². The van der Waals surface area contributed by atoms with Gasteiger partial charge in [-0.15, -0.1) is 0 Å². The second-order valence-electron chi connectivity index (χ2n) is 5.73. The van der Waals surface area contributed by atoms with Crippen LogP contribution in [0.2, 0.25) is 0 Å². The highest BCUT2D eigenvalue weighted by Gasteiger charge is 2.29. The molecule has 3 unspecified atom stereocenters. The SMILES string of the molecule is CCC(C(C)C)C1CCCC(OCCOC)C1. The summed E-state index contributed by atoms with van der Waals surface area (Å²) < 4.78 is 10.9. The van der Waals surface area contributed by atoms with Crippen molar-refractivity contribution in [2.24, 2.45) is 17.8 Å². The molecule has 0 aromatic carbocycles. The average Bonchev–Trinajstić information content (AvgIpc) is 2.30. The summed E-state index contributed by atoms with van der Waals surface area (Å²) in [4.78, 5) is 0. The molecule has 0 heterocycles. The molecule has 0 saturated heterocycles. The Labute approximate surface area is 107 Å². The van der Waals surface area contributed by atoms with E-state index >= 15 is 0 Å². The third-order valence-corrected chi connectivity index (χ3v) is 4.24. The summed E-state index contributed by atoms with van der Waals surface area (Å²) in [7, 11) is 1.74. The van der Waals surface area contributed by atoms with Gasteiger partial charge in [0.1, 0.15) is 0 Å². The van der Waals surface area contributed by atoms with E-state index in [1.807, 2.05) is 0 Å². The van der Waals surface area contributed by atoms with Crippen LogP contribution >= 0.6 is 0 Å². The molecule has 1 rings (SSSR count). The van der Waals surface area contributed by atoms with Crippen LogP contribution in [-0.4, -0.2) is 26.4 Å². The summed E-state index contributed by atoms with van der Waals surface area (Å²) in [6.07, 6.45) is 7.05. The fourth-order valence-electron chi connectivity index (χ4n) is 3.37. The molecule has 0 aromatic rings.